The Morgan fingerprint density at radius 3 is 2.39 bits per heavy atom. The van der Waals surface area contributed by atoms with Crippen LogP contribution in [0.1, 0.15) is 54.2 Å². The van der Waals surface area contributed by atoms with Gasteiger partial charge >= 0.3 is 0 Å². The molecule has 2 aliphatic rings. The molecule has 1 atom stereocenters. The highest BCUT2D eigenvalue weighted by Gasteiger charge is 2.39. The first-order valence-electron chi connectivity index (χ1n) is 11.1. The number of anilines is 2. The van der Waals surface area contributed by atoms with Crippen LogP contribution in [0.5, 0.6) is 0 Å². The fourth-order valence-corrected chi connectivity index (χ4v) is 5.03. The Morgan fingerprint density at radius 1 is 0.909 bits per heavy atom. The third-order valence-corrected chi connectivity index (χ3v) is 6.67. The van der Waals surface area contributed by atoms with Crippen LogP contribution < -0.4 is 10.6 Å². The molecule has 0 fully saturated rings. The number of carbonyl (C=O) groups is 2. The minimum Gasteiger partial charge on any atom is -0.372 e. The largest absolute Gasteiger partial charge is 0.372 e. The van der Waals surface area contributed by atoms with Gasteiger partial charge in [-0.2, -0.15) is 0 Å². The van der Waals surface area contributed by atoms with Crippen LogP contribution in [-0.4, -0.2) is 11.6 Å². The van der Waals surface area contributed by atoms with E-state index in [2.05, 4.69) is 24.5 Å². The van der Waals surface area contributed by atoms with E-state index in [-0.39, 0.29) is 17.0 Å². The average Bonchev–Trinajstić information content (AvgIpc) is 2.94. The highest BCUT2D eigenvalue weighted by Crippen LogP contribution is 2.46. The summed E-state index contributed by atoms with van der Waals surface area (Å²) in [6.45, 7) is 4.23. The van der Waals surface area contributed by atoms with Crippen LogP contribution >= 0.6 is 11.6 Å². The summed E-state index contributed by atoms with van der Waals surface area (Å²) in [7, 11) is 0. The highest BCUT2D eigenvalue weighted by molar-refractivity contribution is 6.31. The van der Waals surface area contributed by atoms with Gasteiger partial charge in [0.15, 0.2) is 11.6 Å². The van der Waals surface area contributed by atoms with Crippen molar-refractivity contribution in [2.24, 2.45) is 5.41 Å². The van der Waals surface area contributed by atoms with E-state index in [0.29, 0.717) is 22.6 Å². The van der Waals surface area contributed by atoms with Crippen molar-refractivity contribution in [1.29, 1.82) is 0 Å². The minimum atomic E-state index is -0.409. The molecule has 0 amide bonds. The molecule has 3 aromatic carbocycles. The van der Waals surface area contributed by atoms with E-state index in [4.69, 9.17) is 11.6 Å². The summed E-state index contributed by atoms with van der Waals surface area (Å²) in [6.07, 6.45) is 1.23. The molecule has 1 aliphatic carbocycles. The van der Waals surface area contributed by atoms with Crippen LogP contribution in [-0.2, 0) is 4.79 Å². The first-order chi connectivity index (χ1) is 15.8. The fraction of sp³-hybridized carbons (Fsp3) is 0.214. The minimum absolute atomic E-state index is 0.0475. The maximum absolute atomic E-state index is 13.4. The predicted octanol–water partition coefficient (Wildman–Crippen LogP) is 6.79. The van der Waals surface area contributed by atoms with E-state index < -0.39 is 6.04 Å². The van der Waals surface area contributed by atoms with E-state index in [9.17, 15) is 9.59 Å². The molecule has 4 nitrogen and oxygen atoms in total. The van der Waals surface area contributed by atoms with E-state index in [1.54, 1.807) is 0 Å². The van der Waals surface area contributed by atoms with Gasteiger partial charge in [0.2, 0.25) is 0 Å². The second-order valence-corrected chi connectivity index (χ2v) is 9.92. The normalized spacial score (nSPS) is 19.0. The summed E-state index contributed by atoms with van der Waals surface area (Å²) < 4.78 is 0. The maximum Gasteiger partial charge on any atom is 0.193 e. The molecule has 0 bridgehead atoms. The molecule has 1 heterocycles. The SMILES string of the molecule is CC1(C)CC(=O)C2=C(C1)Nc1ccc(C(=O)c3ccccc3)cc1N[C@H]2c1ccccc1Cl. The number of rotatable bonds is 3. The monoisotopic (exact) mass is 456 g/mol. The Labute approximate surface area is 198 Å². The van der Waals surface area contributed by atoms with Gasteiger partial charge in [0.25, 0.3) is 0 Å². The molecular formula is C28H25ClN2O2. The Bertz CT molecular complexity index is 1290. The summed E-state index contributed by atoms with van der Waals surface area (Å²) in [4.78, 5) is 26.4. The molecule has 3 aromatic rings. The molecule has 0 saturated carbocycles. The summed E-state index contributed by atoms with van der Waals surface area (Å²) in [5, 5.41) is 7.65. The number of allylic oxidation sites excluding steroid dienone is 1. The maximum atomic E-state index is 13.4. The molecule has 5 heteroatoms. The molecular weight excluding hydrogens is 432 g/mol. The zero-order chi connectivity index (χ0) is 23.2. The van der Waals surface area contributed by atoms with Crippen LogP contribution in [0.2, 0.25) is 5.02 Å². The van der Waals surface area contributed by atoms with Crippen molar-refractivity contribution < 1.29 is 9.59 Å². The van der Waals surface area contributed by atoms with Crippen LogP contribution in [0.3, 0.4) is 0 Å². The number of fused-ring (bicyclic) bond motifs is 1. The Balaban J connectivity index is 1.62. The van der Waals surface area contributed by atoms with Gasteiger partial charge in [0.1, 0.15) is 0 Å². The van der Waals surface area contributed by atoms with Crippen molar-refractivity contribution in [3.8, 4) is 0 Å². The van der Waals surface area contributed by atoms with Gasteiger partial charge in [-0.15, -0.1) is 0 Å². The molecule has 2 N–H and O–H groups in total. The van der Waals surface area contributed by atoms with Crippen LogP contribution in [0, 0.1) is 5.41 Å². The smallest absolute Gasteiger partial charge is 0.193 e. The standard InChI is InChI=1S/C28H25ClN2O2/c1-28(2)15-23-25(24(32)16-28)26(19-10-6-7-11-20(19)29)31-22-14-18(12-13-21(22)30-23)27(33)17-8-4-3-5-9-17/h3-14,26,30-31H,15-16H2,1-2H3/t26-/m0/s1. The molecule has 5 rings (SSSR count). The number of halogens is 1. The molecule has 33 heavy (non-hydrogen) atoms. The first kappa shape index (κ1) is 21.5. The molecule has 0 saturated heterocycles. The Kier molecular flexibility index (Phi) is 5.34. The quantitative estimate of drug-likeness (QED) is 0.426. The van der Waals surface area contributed by atoms with Crippen molar-refractivity contribution >= 4 is 34.5 Å². The lowest BCUT2D eigenvalue weighted by Gasteiger charge is -2.34. The van der Waals surface area contributed by atoms with Gasteiger partial charge in [-0.1, -0.05) is 74.0 Å². The van der Waals surface area contributed by atoms with Crippen molar-refractivity contribution in [1.82, 2.24) is 0 Å². The number of nitrogens with one attached hydrogen (secondary N) is 2. The van der Waals surface area contributed by atoms with Gasteiger partial charge in [0.05, 0.1) is 17.4 Å². The second kappa shape index (κ2) is 8.20. The van der Waals surface area contributed by atoms with Crippen LogP contribution in [0.15, 0.2) is 84.1 Å². The average molecular weight is 457 g/mol. The number of hydrogen-bond acceptors (Lipinski definition) is 4. The lowest BCUT2D eigenvalue weighted by molar-refractivity contribution is -0.118. The van der Waals surface area contributed by atoms with E-state index in [0.717, 1.165) is 34.6 Å². The topological polar surface area (TPSA) is 58.2 Å². The molecule has 1 aliphatic heterocycles. The van der Waals surface area contributed by atoms with Crippen LogP contribution in [0.4, 0.5) is 11.4 Å². The zero-order valence-corrected chi connectivity index (χ0v) is 19.4. The molecule has 0 spiro atoms. The van der Waals surface area contributed by atoms with Crippen LogP contribution in [0.25, 0.3) is 0 Å². The molecule has 0 radical (unpaired) electrons. The van der Waals surface area contributed by atoms with Crippen molar-refractivity contribution in [2.75, 3.05) is 10.6 Å². The van der Waals surface area contributed by atoms with Crippen molar-refractivity contribution in [2.45, 2.75) is 32.7 Å². The lowest BCUT2D eigenvalue weighted by Crippen LogP contribution is -2.31. The Morgan fingerprint density at radius 2 is 1.64 bits per heavy atom. The summed E-state index contributed by atoms with van der Waals surface area (Å²) in [5.74, 6) is 0.0632. The van der Waals surface area contributed by atoms with Gasteiger partial charge < -0.3 is 10.6 Å². The van der Waals surface area contributed by atoms with E-state index in [1.807, 2.05) is 72.8 Å². The first-order valence-corrected chi connectivity index (χ1v) is 11.5. The number of Topliss-reactive ketones (excluding diaryl/α,β-unsaturated/α-hetero) is 1. The summed E-state index contributed by atoms with van der Waals surface area (Å²) >= 11 is 6.59. The van der Waals surface area contributed by atoms with E-state index >= 15 is 0 Å². The number of benzene rings is 3. The van der Waals surface area contributed by atoms with Gasteiger partial charge in [-0.25, -0.2) is 0 Å². The number of hydrogen-bond donors (Lipinski definition) is 2. The van der Waals surface area contributed by atoms with Gasteiger partial charge in [0, 0.05) is 33.8 Å². The second-order valence-electron chi connectivity index (χ2n) is 9.51. The molecule has 166 valence electrons. The van der Waals surface area contributed by atoms with Gasteiger partial charge in [-0.3, -0.25) is 9.59 Å². The molecule has 0 unspecified atom stereocenters. The summed E-state index contributed by atoms with van der Waals surface area (Å²) in [6, 6.07) is 22.0. The van der Waals surface area contributed by atoms with E-state index in [1.165, 1.54) is 0 Å². The number of carbonyl (C=O) groups excluding carboxylic acids is 2. The fourth-order valence-electron chi connectivity index (χ4n) is 4.78. The lowest BCUT2D eigenvalue weighted by atomic mass is 9.73. The third-order valence-electron chi connectivity index (χ3n) is 6.33. The highest BCUT2D eigenvalue weighted by atomic mass is 35.5. The third kappa shape index (κ3) is 4.07. The number of ketones is 2. The molecule has 0 aromatic heterocycles. The van der Waals surface area contributed by atoms with Crippen molar-refractivity contribution in [3.05, 3.63) is 106 Å². The Hall–Kier alpha value is -3.37. The zero-order valence-electron chi connectivity index (χ0n) is 18.6. The van der Waals surface area contributed by atoms with Crippen molar-refractivity contribution in [3.63, 3.8) is 0 Å². The predicted molar refractivity (Wildman–Crippen MR) is 133 cm³/mol. The van der Waals surface area contributed by atoms with Gasteiger partial charge in [-0.05, 0) is 41.7 Å². The summed E-state index contributed by atoms with van der Waals surface area (Å²) in [5.41, 5.74) is 5.16.